The Morgan fingerprint density at radius 3 is 2.44 bits per heavy atom. The summed E-state index contributed by atoms with van der Waals surface area (Å²) in [5, 5.41) is 8.55. The molecule has 0 bridgehead atoms. The minimum absolute atomic E-state index is 0.291. The van der Waals surface area contributed by atoms with Gasteiger partial charge in [-0.15, -0.1) is 0 Å². The van der Waals surface area contributed by atoms with E-state index in [2.05, 4.69) is 19.9 Å². The van der Waals surface area contributed by atoms with Gasteiger partial charge < -0.3 is 5.11 Å². The van der Waals surface area contributed by atoms with Crippen LogP contribution in [-0.4, -0.2) is 11.7 Å². The van der Waals surface area contributed by atoms with E-state index in [0.29, 0.717) is 6.61 Å². The maximum atomic E-state index is 8.55. The van der Waals surface area contributed by atoms with Crippen LogP contribution in [0.25, 0.3) is 0 Å². The Labute approximate surface area is 57.4 Å². The van der Waals surface area contributed by atoms with Crippen molar-refractivity contribution in [2.75, 3.05) is 6.61 Å². The highest BCUT2D eigenvalue weighted by atomic mass is 16.2. The van der Waals surface area contributed by atoms with Crippen LogP contribution in [0.2, 0.25) is 0 Å². The fourth-order valence-corrected chi connectivity index (χ4v) is 0.855. The van der Waals surface area contributed by atoms with E-state index in [0.717, 1.165) is 19.3 Å². The highest BCUT2D eigenvalue weighted by molar-refractivity contribution is 5.00. The van der Waals surface area contributed by atoms with Gasteiger partial charge >= 0.3 is 0 Å². The number of hydrogen-bond donors (Lipinski definition) is 1. The van der Waals surface area contributed by atoms with E-state index in [9.17, 15) is 0 Å². The van der Waals surface area contributed by atoms with Crippen LogP contribution in [0.4, 0.5) is 0 Å². The molecule has 0 fully saturated rings. The molecular weight excluding hydrogens is 112 g/mol. The van der Waals surface area contributed by atoms with E-state index in [1.807, 2.05) is 0 Å². The topological polar surface area (TPSA) is 20.2 Å². The van der Waals surface area contributed by atoms with Crippen molar-refractivity contribution in [3.63, 3.8) is 0 Å². The van der Waals surface area contributed by atoms with Crippen molar-refractivity contribution in [1.29, 1.82) is 0 Å². The van der Waals surface area contributed by atoms with E-state index in [1.165, 1.54) is 5.57 Å². The van der Waals surface area contributed by atoms with Gasteiger partial charge in [0, 0.05) is 6.61 Å². The lowest BCUT2D eigenvalue weighted by Gasteiger charge is -1.98. The van der Waals surface area contributed by atoms with Gasteiger partial charge in [-0.25, -0.2) is 0 Å². The number of aliphatic hydroxyl groups is 1. The first-order valence-electron chi connectivity index (χ1n) is 3.63. The molecule has 0 amide bonds. The van der Waals surface area contributed by atoms with Crippen molar-refractivity contribution in [2.24, 2.45) is 0 Å². The smallest absolute Gasteiger partial charge is 0.0468 e. The first-order valence-corrected chi connectivity index (χ1v) is 3.63. The third-order valence-corrected chi connectivity index (χ3v) is 1.38. The average Bonchev–Trinajstić information content (AvgIpc) is 1.88. The largest absolute Gasteiger partial charge is 0.396 e. The highest BCUT2D eigenvalue weighted by Gasteiger charge is 1.89. The van der Waals surface area contributed by atoms with Crippen LogP contribution in [0.15, 0.2) is 11.6 Å². The molecule has 9 heavy (non-hydrogen) atoms. The van der Waals surface area contributed by atoms with E-state index < -0.39 is 0 Å². The molecule has 0 aromatic carbocycles. The van der Waals surface area contributed by atoms with Crippen LogP contribution in [-0.2, 0) is 0 Å². The predicted molar refractivity (Wildman–Crippen MR) is 40.4 cm³/mol. The first kappa shape index (κ1) is 8.70. The molecule has 1 heteroatoms. The van der Waals surface area contributed by atoms with E-state index in [4.69, 9.17) is 5.11 Å². The Morgan fingerprint density at radius 1 is 1.44 bits per heavy atom. The summed E-state index contributed by atoms with van der Waals surface area (Å²) in [5.74, 6) is 0. The molecule has 0 heterocycles. The molecule has 0 aliphatic rings. The molecule has 0 atom stereocenters. The Morgan fingerprint density at radius 2 is 2.11 bits per heavy atom. The van der Waals surface area contributed by atoms with Crippen molar-refractivity contribution in [1.82, 2.24) is 0 Å². The van der Waals surface area contributed by atoms with Crippen LogP contribution in [0, 0.1) is 0 Å². The lowest BCUT2D eigenvalue weighted by atomic mass is 10.1. The molecule has 0 aliphatic carbocycles. The van der Waals surface area contributed by atoms with Crippen molar-refractivity contribution < 1.29 is 5.11 Å². The summed E-state index contributed by atoms with van der Waals surface area (Å²) in [4.78, 5) is 0. The fourth-order valence-electron chi connectivity index (χ4n) is 0.855. The van der Waals surface area contributed by atoms with Crippen molar-refractivity contribution in [3.05, 3.63) is 11.6 Å². The molecule has 0 aliphatic heterocycles. The molecule has 0 rings (SSSR count). The van der Waals surface area contributed by atoms with Crippen molar-refractivity contribution in [3.8, 4) is 0 Å². The molecule has 0 aromatic heterocycles. The molecule has 0 radical (unpaired) electrons. The second-order valence-corrected chi connectivity index (χ2v) is 2.10. The zero-order valence-electron chi connectivity index (χ0n) is 6.35. The number of hydrogen-bond acceptors (Lipinski definition) is 1. The number of aliphatic hydroxyl groups excluding tert-OH is 1. The summed E-state index contributed by atoms with van der Waals surface area (Å²) in [5.41, 5.74) is 1.38. The Hall–Kier alpha value is -0.300. The lowest BCUT2D eigenvalue weighted by molar-refractivity contribution is 0.298. The maximum Gasteiger partial charge on any atom is 0.0468 e. The summed E-state index contributed by atoms with van der Waals surface area (Å²) in [6.45, 7) is 4.53. The van der Waals surface area contributed by atoms with E-state index >= 15 is 0 Å². The molecule has 0 spiro atoms. The molecule has 1 N–H and O–H groups in total. The molecule has 0 saturated carbocycles. The molecule has 0 saturated heterocycles. The maximum absolute atomic E-state index is 8.55. The standard InChI is InChI=1S/C8H16O/c1-3-5-8(4-2)6-7-9/h5,9H,3-4,6-7H2,1-2H3/b8-5+. The Bertz CT molecular complexity index is 84.6. The van der Waals surface area contributed by atoms with Gasteiger partial charge in [0.15, 0.2) is 0 Å². The van der Waals surface area contributed by atoms with Crippen molar-refractivity contribution >= 4 is 0 Å². The fraction of sp³-hybridized carbons (Fsp3) is 0.750. The molecule has 0 aromatic rings. The van der Waals surface area contributed by atoms with Gasteiger partial charge in [-0.2, -0.15) is 0 Å². The van der Waals surface area contributed by atoms with Gasteiger partial charge in [-0.1, -0.05) is 25.5 Å². The zero-order chi connectivity index (χ0) is 7.11. The minimum atomic E-state index is 0.291. The van der Waals surface area contributed by atoms with E-state index in [-0.39, 0.29) is 0 Å². The molecule has 54 valence electrons. The summed E-state index contributed by atoms with van der Waals surface area (Å²) < 4.78 is 0. The quantitative estimate of drug-likeness (QED) is 0.575. The van der Waals surface area contributed by atoms with Gasteiger partial charge in [0.25, 0.3) is 0 Å². The van der Waals surface area contributed by atoms with Crippen LogP contribution < -0.4 is 0 Å². The number of rotatable bonds is 4. The van der Waals surface area contributed by atoms with Crippen molar-refractivity contribution in [2.45, 2.75) is 33.1 Å². The second-order valence-electron chi connectivity index (χ2n) is 2.10. The Kier molecular flexibility index (Phi) is 5.64. The number of allylic oxidation sites excluding steroid dienone is 1. The van der Waals surface area contributed by atoms with Gasteiger partial charge in [-0.05, 0) is 19.3 Å². The summed E-state index contributed by atoms with van der Waals surface area (Å²) in [7, 11) is 0. The second kappa shape index (κ2) is 5.83. The molecular formula is C8H16O. The van der Waals surface area contributed by atoms with E-state index in [1.54, 1.807) is 0 Å². The van der Waals surface area contributed by atoms with Crippen LogP contribution in [0.3, 0.4) is 0 Å². The zero-order valence-corrected chi connectivity index (χ0v) is 6.35. The third-order valence-electron chi connectivity index (χ3n) is 1.38. The average molecular weight is 128 g/mol. The first-order chi connectivity index (χ1) is 4.35. The van der Waals surface area contributed by atoms with Crippen LogP contribution in [0.5, 0.6) is 0 Å². The molecule has 1 nitrogen and oxygen atoms in total. The summed E-state index contributed by atoms with van der Waals surface area (Å²) >= 11 is 0. The van der Waals surface area contributed by atoms with Gasteiger partial charge in [0.2, 0.25) is 0 Å². The normalized spacial score (nSPS) is 12.1. The third kappa shape index (κ3) is 4.22. The van der Waals surface area contributed by atoms with Crippen LogP contribution in [0.1, 0.15) is 33.1 Å². The minimum Gasteiger partial charge on any atom is -0.396 e. The highest BCUT2D eigenvalue weighted by Crippen LogP contribution is 2.05. The van der Waals surface area contributed by atoms with Gasteiger partial charge in [0.05, 0.1) is 0 Å². The SMILES string of the molecule is CC/C=C(\CC)CCO. The monoisotopic (exact) mass is 128 g/mol. The predicted octanol–water partition coefficient (Wildman–Crippen LogP) is 2.12. The summed E-state index contributed by atoms with van der Waals surface area (Å²) in [6.07, 6.45) is 5.21. The van der Waals surface area contributed by atoms with Gasteiger partial charge in [0.1, 0.15) is 0 Å². The Balaban J connectivity index is 3.53. The summed E-state index contributed by atoms with van der Waals surface area (Å²) in [6, 6.07) is 0. The van der Waals surface area contributed by atoms with Crippen LogP contribution >= 0.6 is 0 Å². The van der Waals surface area contributed by atoms with Gasteiger partial charge in [-0.3, -0.25) is 0 Å². The molecule has 0 unspecified atom stereocenters. The lowest BCUT2D eigenvalue weighted by Crippen LogP contribution is -1.86.